The molecule has 0 saturated heterocycles. The first kappa shape index (κ1) is 36.1. The van der Waals surface area contributed by atoms with Crippen molar-refractivity contribution >= 4 is 64.4 Å². The zero-order valence-electron chi connectivity index (χ0n) is 27.1. The molecule has 2 unspecified atom stereocenters. The Hall–Kier alpha value is -5.21. The van der Waals surface area contributed by atoms with Crippen LogP contribution >= 0.6 is 11.6 Å². The fourth-order valence-corrected chi connectivity index (χ4v) is 6.09. The Bertz CT molecular complexity index is 1990. The largest absolute Gasteiger partial charge is 0.488 e. The van der Waals surface area contributed by atoms with E-state index in [4.69, 9.17) is 37.4 Å². The molecular weight excluding hydrogens is 659 g/mol. The fourth-order valence-electron chi connectivity index (χ4n) is 5.93. The average molecular weight is 695 g/mol. The van der Waals surface area contributed by atoms with E-state index in [-0.39, 0.29) is 21.8 Å². The molecule has 2 atom stereocenters. The molecule has 1 aromatic heterocycles. The molecular formula is C36H36BClN6O6. The van der Waals surface area contributed by atoms with Crippen LogP contribution in [-0.2, 0) is 0 Å². The number of hydrogen-bond donors (Lipinski definition) is 4. The van der Waals surface area contributed by atoms with Crippen LogP contribution in [0.15, 0.2) is 91.0 Å². The summed E-state index contributed by atoms with van der Waals surface area (Å²) < 4.78 is 0. The van der Waals surface area contributed by atoms with Crippen LogP contribution in [0.25, 0.3) is 34.2 Å². The van der Waals surface area contributed by atoms with Crippen molar-refractivity contribution in [3.05, 3.63) is 128 Å². The molecule has 5 N–H and O–H groups in total. The lowest BCUT2D eigenvalue weighted by atomic mass is 9.80. The zero-order chi connectivity index (χ0) is 35.6. The van der Waals surface area contributed by atoms with E-state index in [9.17, 15) is 20.2 Å². The van der Waals surface area contributed by atoms with Crippen molar-refractivity contribution in [1.82, 2.24) is 9.97 Å². The molecule has 1 fully saturated rings. The van der Waals surface area contributed by atoms with Crippen LogP contribution in [0.2, 0.25) is 5.02 Å². The fraction of sp³-hybridized carbons (Fsp3) is 0.222. The number of halogens is 1. The molecule has 1 heterocycles. The number of nitrogens with one attached hydrogen (secondary N) is 1. The van der Waals surface area contributed by atoms with Crippen molar-refractivity contribution in [3.63, 3.8) is 0 Å². The molecule has 0 radical (unpaired) electrons. The van der Waals surface area contributed by atoms with Gasteiger partial charge >= 0.3 is 7.12 Å². The van der Waals surface area contributed by atoms with Crippen molar-refractivity contribution in [2.24, 2.45) is 17.6 Å². The number of hydrogen-bond acceptors (Lipinski definition) is 10. The standard InChI is InChI=1S/C30H30ClN5O2.C6H6BNO4/c31-25-12-13-27-28(17-25)34-29(35-30(27)33-19-22-4-1-3-21(15-22)18-32)14-9-20-7-10-23(11-8-20)24-5-2-6-26(16-24)36(37)38;9-7(10)5-2-1-3-6(4-5)8(11)12/h2,5-14,16-17,21-22H,1,3-4,15,18-19,32H2,(H,33,34,35);1-4,9-10H. The van der Waals surface area contributed by atoms with Gasteiger partial charge in [-0.3, -0.25) is 20.2 Å². The Labute approximate surface area is 294 Å². The maximum Gasteiger partial charge on any atom is 0.488 e. The summed E-state index contributed by atoms with van der Waals surface area (Å²) in [7, 11) is -1.66. The minimum absolute atomic E-state index is 0.0760. The third-order valence-electron chi connectivity index (χ3n) is 8.56. The molecule has 1 aliphatic carbocycles. The Morgan fingerprint density at radius 3 is 2.26 bits per heavy atom. The lowest BCUT2D eigenvalue weighted by molar-refractivity contribution is -0.385. The number of aromatic nitrogens is 2. The zero-order valence-corrected chi connectivity index (χ0v) is 27.8. The molecule has 0 spiro atoms. The number of anilines is 1. The lowest BCUT2D eigenvalue weighted by Crippen LogP contribution is -2.29. The number of rotatable bonds is 10. The van der Waals surface area contributed by atoms with Crippen LogP contribution in [0.3, 0.4) is 0 Å². The van der Waals surface area contributed by atoms with E-state index in [0.717, 1.165) is 59.0 Å². The minimum Gasteiger partial charge on any atom is -0.423 e. The van der Waals surface area contributed by atoms with Gasteiger partial charge in [0.25, 0.3) is 11.4 Å². The molecule has 1 saturated carbocycles. The highest BCUT2D eigenvalue weighted by atomic mass is 35.5. The molecule has 14 heteroatoms. The first-order valence-electron chi connectivity index (χ1n) is 16.1. The third-order valence-corrected chi connectivity index (χ3v) is 8.80. The second kappa shape index (κ2) is 16.9. The van der Waals surface area contributed by atoms with E-state index < -0.39 is 12.0 Å². The van der Waals surface area contributed by atoms with Crippen molar-refractivity contribution in [2.75, 3.05) is 18.4 Å². The molecule has 50 heavy (non-hydrogen) atoms. The quantitative estimate of drug-likeness (QED) is 0.0715. The molecule has 5 aromatic rings. The summed E-state index contributed by atoms with van der Waals surface area (Å²) in [5.41, 5.74) is 9.44. The molecule has 256 valence electrons. The van der Waals surface area contributed by atoms with Crippen molar-refractivity contribution in [3.8, 4) is 11.1 Å². The Morgan fingerprint density at radius 1 is 0.860 bits per heavy atom. The Kier molecular flexibility index (Phi) is 12.2. The van der Waals surface area contributed by atoms with Gasteiger partial charge in [0.15, 0.2) is 5.82 Å². The lowest BCUT2D eigenvalue weighted by Gasteiger charge is -2.28. The summed E-state index contributed by atoms with van der Waals surface area (Å²) in [6, 6.07) is 25.4. The summed E-state index contributed by atoms with van der Waals surface area (Å²) >= 11 is 6.27. The topological polar surface area (TPSA) is 191 Å². The average Bonchev–Trinajstić information content (AvgIpc) is 3.13. The molecule has 0 aliphatic heterocycles. The van der Waals surface area contributed by atoms with Crippen LogP contribution in [0.1, 0.15) is 37.1 Å². The predicted octanol–water partition coefficient (Wildman–Crippen LogP) is 6.48. The van der Waals surface area contributed by atoms with Gasteiger partial charge in [-0.1, -0.05) is 72.6 Å². The number of nitrogens with two attached hydrogens (primary N) is 1. The van der Waals surface area contributed by atoms with E-state index in [1.165, 1.54) is 43.5 Å². The van der Waals surface area contributed by atoms with Gasteiger partial charge in [-0.15, -0.1) is 0 Å². The smallest absolute Gasteiger partial charge is 0.423 e. The predicted molar refractivity (Wildman–Crippen MR) is 198 cm³/mol. The van der Waals surface area contributed by atoms with Crippen LogP contribution in [-0.4, -0.2) is 50.1 Å². The maximum absolute atomic E-state index is 11.1. The first-order chi connectivity index (χ1) is 24.1. The van der Waals surface area contributed by atoms with Crippen LogP contribution in [0, 0.1) is 32.1 Å². The van der Waals surface area contributed by atoms with Gasteiger partial charge in [0.2, 0.25) is 0 Å². The second-order valence-electron chi connectivity index (χ2n) is 12.1. The Balaban J connectivity index is 0.000000343. The molecule has 12 nitrogen and oxygen atoms in total. The molecule has 4 aromatic carbocycles. The maximum atomic E-state index is 11.1. The third kappa shape index (κ3) is 9.70. The van der Waals surface area contributed by atoms with E-state index in [2.05, 4.69) is 5.32 Å². The number of nitrogens with zero attached hydrogens (tertiary/aromatic N) is 4. The van der Waals surface area contributed by atoms with Gasteiger partial charge in [0, 0.05) is 41.2 Å². The molecule has 0 bridgehead atoms. The van der Waals surface area contributed by atoms with Gasteiger partial charge in [-0.2, -0.15) is 0 Å². The number of fused-ring (bicyclic) bond motifs is 1. The molecule has 6 rings (SSSR count). The normalized spacial score (nSPS) is 15.7. The summed E-state index contributed by atoms with van der Waals surface area (Å²) in [5, 5.41) is 43.8. The summed E-state index contributed by atoms with van der Waals surface area (Å²) in [6.07, 6.45) is 8.65. The van der Waals surface area contributed by atoms with E-state index in [0.29, 0.717) is 22.7 Å². The summed E-state index contributed by atoms with van der Waals surface area (Å²) in [6.45, 7) is 1.61. The highest BCUT2D eigenvalue weighted by Crippen LogP contribution is 2.30. The SMILES string of the molecule is NCC1CCCC(CNc2nc(C=Cc3ccc(-c4cccc([N+](=O)[O-])c4)cc3)nc3cc(Cl)ccc23)C1.O=[N+]([O-])c1cccc(B(O)O)c1. The van der Waals surface area contributed by atoms with Gasteiger partial charge in [0.05, 0.1) is 15.4 Å². The van der Waals surface area contributed by atoms with E-state index >= 15 is 0 Å². The summed E-state index contributed by atoms with van der Waals surface area (Å²) in [4.78, 5) is 29.9. The van der Waals surface area contributed by atoms with Gasteiger partial charge in [0.1, 0.15) is 5.82 Å². The number of nitro benzene ring substituents is 2. The van der Waals surface area contributed by atoms with Gasteiger partial charge < -0.3 is 21.1 Å². The monoisotopic (exact) mass is 694 g/mol. The molecule has 0 amide bonds. The molecule has 1 aliphatic rings. The number of nitro groups is 2. The van der Waals surface area contributed by atoms with Gasteiger partial charge in [-0.25, -0.2) is 9.97 Å². The van der Waals surface area contributed by atoms with Gasteiger partial charge in [-0.05, 0) is 84.1 Å². The highest BCUT2D eigenvalue weighted by Gasteiger charge is 2.21. The van der Waals surface area contributed by atoms with Crippen molar-refractivity contribution < 1.29 is 19.9 Å². The van der Waals surface area contributed by atoms with E-state index in [1.54, 1.807) is 12.1 Å². The van der Waals surface area contributed by atoms with Crippen molar-refractivity contribution in [1.29, 1.82) is 0 Å². The van der Waals surface area contributed by atoms with Crippen LogP contribution in [0.4, 0.5) is 17.2 Å². The van der Waals surface area contributed by atoms with Crippen molar-refractivity contribution in [2.45, 2.75) is 25.7 Å². The highest BCUT2D eigenvalue weighted by molar-refractivity contribution is 6.58. The summed E-state index contributed by atoms with van der Waals surface area (Å²) in [5.74, 6) is 2.59. The number of non-ortho nitro benzene ring substituents is 2. The Morgan fingerprint density at radius 2 is 1.56 bits per heavy atom. The van der Waals surface area contributed by atoms with Crippen LogP contribution < -0.4 is 16.5 Å². The van der Waals surface area contributed by atoms with E-state index in [1.807, 2.05) is 60.7 Å². The second-order valence-corrected chi connectivity index (χ2v) is 12.5. The number of benzene rings is 4. The first-order valence-corrected chi connectivity index (χ1v) is 16.5. The van der Waals surface area contributed by atoms with Crippen LogP contribution in [0.5, 0.6) is 0 Å². The minimum atomic E-state index is -1.66.